The van der Waals surface area contributed by atoms with Crippen LogP contribution in [0, 0.1) is 5.82 Å². The zero-order valence-electron chi connectivity index (χ0n) is 15.9. The van der Waals surface area contributed by atoms with Crippen LogP contribution in [0.1, 0.15) is 43.3 Å². The van der Waals surface area contributed by atoms with E-state index in [0.717, 1.165) is 36.4 Å². The van der Waals surface area contributed by atoms with Crippen LogP contribution >= 0.6 is 28.1 Å². The number of hydrogen-bond acceptors (Lipinski definition) is 3. The minimum absolute atomic E-state index is 0.100. The molecule has 1 fully saturated rings. The second-order valence-electron chi connectivity index (χ2n) is 7.00. The third-order valence-corrected chi connectivity index (χ3v) is 6.07. The average molecular weight is 474 g/mol. The molecule has 0 amide bonds. The first-order valence-corrected chi connectivity index (χ1v) is 10.8. The Labute approximate surface area is 183 Å². The van der Waals surface area contributed by atoms with Crippen LogP contribution in [-0.4, -0.2) is 21.5 Å². The molecule has 1 aliphatic rings. The normalized spacial score (nSPS) is 18.9. The smallest absolute Gasteiger partial charge is 0.170 e. The summed E-state index contributed by atoms with van der Waals surface area (Å²) < 4.78 is 20.4. The Morgan fingerprint density at radius 2 is 2.10 bits per heavy atom. The van der Waals surface area contributed by atoms with Gasteiger partial charge in [-0.3, -0.25) is 4.98 Å². The standard InChI is InChI=1S/C22H21BrFN3OS/c1-2-3-12-27-21(20(26-22(27)29)17-6-4-5-11-25-17)19-10-9-18(28-19)15-8-7-14(24)13-16(15)23/h4-11,13,20-21H,2-3,12H2,1H3,(H,26,29)/t20-,21+/m1/s1. The monoisotopic (exact) mass is 473 g/mol. The molecule has 3 aromatic rings. The van der Waals surface area contributed by atoms with Crippen molar-refractivity contribution in [1.29, 1.82) is 0 Å². The van der Waals surface area contributed by atoms with Crippen LogP contribution in [0.5, 0.6) is 0 Å². The lowest BCUT2D eigenvalue weighted by molar-refractivity contribution is 0.271. The molecule has 0 spiro atoms. The lowest BCUT2D eigenvalue weighted by Crippen LogP contribution is -2.30. The van der Waals surface area contributed by atoms with E-state index < -0.39 is 0 Å². The molecular formula is C22H21BrFN3OS. The molecule has 1 N–H and O–H groups in total. The lowest BCUT2D eigenvalue weighted by Gasteiger charge is -2.25. The van der Waals surface area contributed by atoms with Crippen LogP contribution < -0.4 is 5.32 Å². The SMILES string of the molecule is CCCCN1C(=S)N[C@H](c2ccccn2)[C@@H]1c1ccc(-c2ccc(F)cc2Br)o1. The summed E-state index contributed by atoms with van der Waals surface area (Å²) in [7, 11) is 0. The average Bonchev–Trinajstić information content (AvgIpc) is 3.31. The highest BCUT2D eigenvalue weighted by Crippen LogP contribution is 2.41. The van der Waals surface area contributed by atoms with Crippen molar-refractivity contribution in [2.24, 2.45) is 0 Å². The second kappa shape index (κ2) is 8.63. The Morgan fingerprint density at radius 3 is 2.83 bits per heavy atom. The Hall–Kier alpha value is -2.25. The molecule has 29 heavy (non-hydrogen) atoms. The summed E-state index contributed by atoms with van der Waals surface area (Å²) in [6, 6.07) is 14.1. The van der Waals surface area contributed by atoms with Crippen LogP contribution in [0.25, 0.3) is 11.3 Å². The van der Waals surface area contributed by atoms with Gasteiger partial charge in [0.05, 0.1) is 11.7 Å². The van der Waals surface area contributed by atoms with E-state index in [-0.39, 0.29) is 17.9 Å². The first-order chi connectivity index (χ1) is 14.1. The quantitative estimate of drug-likeness (QED) is 0.443. The fraction of sp³-hybridized carbons (Fsp3) is 0.273. The maximum Gasteiger partial charge on any atom is 0.170 e. The van der Waals surface area contributed by atoms with Crippen LogP contribution in [0.3, 0.4) is 0 Å². The minimum Gasteiger partial charge on any atom is -0.459 e. The van der Waals surface area contributed by atoms with E-state index >= 15 is 0 Å². The van der Waals surface area contributed by atoms with Crippen LogP contribution in [0.15, 0.2) is 63.6 Å². The van der Waals surface area contributed by atoms with E-state index in [4.69, 9.17) is 16.6 Å². The first kappa shape index (κ1) is 20.0. The number of pyridine rings is 1. The summed E-state index contributed by atoms with van der Waals surface area (Å²) in [5, 5.41) is 4.13. The molecule has 1 aromatic carbocycles. The summed E-state index contributed by atoms with van der Waals surface area (Å²) in [6.07, 6.45) is 3.89. The van der Waals surface area contributed by atoms with Crippen LogP contribution in [0.4, 0.5) is 4.39 Å². The van der Waals surface area contributed by atoms with Gasteiger partial charge in [-0.2, -0.15) is 0 Å². The lowest BCUT2D eigenvalue weighted by atomic mass is 10.0. The number of benzene rings is 1. The van der Waals surface area contributed by atoms with Gasteiger partial charge in [0.25, 0.3) is 0 Å². The highest BCUT2D eigenvalue weighted by atomic mass is 79.9. The van der Waals surface area contributed by atoms with Crippen molar-refractivity contribution >= 4 is 33.3 Å². The topological polar surface area (TPSA) is 41.3 Å². The first-order valence-electron chi connectivity index (χ1n) is 9.61. The predicted octanol–water partition coefficient (Wildman–Crippen LogP) is 6.02. The zero-order chi connectivity index (χ0) is 20.4. The number of rotatable bonds is 6. The third-order valence-electron chi connectivity index (χ3n) is 5.07. The number of nitrogens with one attached hydrogen (secondary N) is 1. The van der Waals surface area contributed by atoms with E-state index in [2.05, 4.69) is 38.1 Å². The van der Waals surface area contributed by atoms with Crippen molar-refractivity contribution in [3.05, 3.63) is 76.5 Å². The van der Waals surface area contributed by atoms with Crippen molar-refractivity contribution in [1.82, 2.24) is 15.2 Å². The molecule has 0 bridgehead atoms. The molecule has 0 saturated carbocycles. The molecule has 0 aliphatic carbocycles. The summed E-state index contributed by atoms with van der Waals surface area (Å²) >= 11 is 9.07. The van der Waals surface area contributed by atoms with Gasteiger partial charge in [0.15, 0.2) is 5.11 Å². The number of unbranched alkanes of at least 4 members (excludes halogenated alkanes) is 1. The van der Waals surface area contributed by atoms with Crippen molar-refractivity contribution in [3.8, 4) is 11.3 Å². The number of nitrogens with zero attached hydrogens (tertiary/aromatic N) is 2. The van der Waals surface area contributed by atoms with Crippen LogP contribution in [-0.2, 0) is 0 Å². The van der Waals surface area contributed by atoms with Crippen LogP contribution in [0.2, 0.25) is 0 Å². The van der Waals surface area contributed by atoms with Crippen molar-refractivity contribution in [3.63, 3.8) is 0 Å². The number of thiocarbonyl (C=S) groups is 1. The van der Waals surface area contributed by atoms with Gasteiger partial charge in [-0.15, -0.1) is 0 Å². The molecule has 0 radical (unpaired) electrons. The molecule has 1 saturated heterocycles. The summed E-state index contributed by atoms with van der Waals surface area (Å²) in [6.45, 7) is 3.00. The van der Waals surface area contributed by atoms with Gasteiger partial charge < -0.3 is 14.6 Å². The van der Waals surface area contributed by atoms with E-state index in [1.807, 2.05) is 30.3 Å². The maximum atomic E-state index is 13.5. The number of furan rings is 1. The van der Waals surface area contributed by atoms with E-state index in [1.165, 1.54) is 12.1 Å². The van der Waals surface area contributed by atoms with Gasteiger partial charge in [0, 0.05) is 22.8 Å². The van der Waals surface area contributed by atoms with Gasteiger partial charge in [-0.05, 0) is 77.0 Å². The molecular weight excluding hydrogens is 453 g/mol. The van der Waals surface area contributed by atoms with Gasteiger partial charge in [0.1, 0.15) is 23.4 Å². The summed E-state index contributed by atoms with van der Waals surface area (Å²) in [5.74, 6) is 1.19. The molecule has 0 unspecified atom stereocenters. The summed E-state index contributed by atoms with van der Waals surface area (Å²) in [4.78, 5) is 6.72. The molecule has 7 heteroatoms. The van der Waals surface area contributed by atoms with Crippen molar-refractivity contribution < 1.29 is 8.81 Å². The fourth-order valence-corrected chi connectivity index (χ4v) is 4.51. The third kappa shape index (κ3) is 4.07. The Bertz CT molecular complexity index is 1010. The second-order valence-corrected chi connectivity index (χ2v) is 8.24. The van der Waals surface area contributed by atoms with Gasteiger partial charge in [0.2, 0.25) is 0 Å². The fourth-order valence-electron chi connectivity index (χ4n) is 3.63. The molecule has 4 rings (SSSR count). The van der Waals surface area contributed by atoms with Crippen molar-refractivity contribution in [2.45, 2.75) is 31.8 Å². The number of halogens is 2. The zero-order valence-corrected chi connectivity index (χ0v) is 18.3. The number of aromatic nitrogens is 1. The van der Waals surface area contributed by atoms with Gasteiger partial charge >= 0.3 is 0 Å². The molecule has 4 nitrogen and oxygen atoms in total. The molecule has 3 heterocycles. The Balaban J connectivity index is 1.72. The molecule has 2 atom stereocenters. The van der Waals surface area contributed by atoms with E-state index in [0.29, 0.717) is 15.3 Å². The number of hydrogen-bond donors (Lipinski definition) is 1. The molecule has 2 aromatic heterocycles. The van der Waals surface area contributed by atoms with E-state index in [9.17, 15) is 4.39 Å². The molecule has 150 valence electrons. The molecule has 1 aliphatic heterocycles. The highest BCUT2D eigenvalue weighted by molar-refractivity contribution is 9.10. The predicted molar refractivity (Wildman–Crippen MR) is 119 cm³/mol. The Morgan fingerprint density at radius 1 is 1.24 bits per heavy atom. The minimum atomic E-state index is -0.293. The highest BCUT2D eigenvalue weighted by Gasteiger charge is 2.41. The largest absolute Gasteiger partial charge is 0.459 e. The van der Waals surface area contributed by atoms with Gasteiger partial charge in [-0.1, -0.05) is 19.4 Å². The van der Waals surface area contributed by atoms with E-state index in [1.54, 1.807) is 12.3 Å². The van der Waals surface area contributed by atoms with Crippen molar-refractivity contribution in [2.75, 3.05) is 6.54 Å². The maximum absolute atomic E-state index is 13.5. The Kier molecular flexibility index (Phi) is 5.96. The summed E-state index contributed by atoms with van der Waals surface area (Å²) in [5.41, 5.74) is 1.72. The van der Waals surface area contributed by atoms with Gasteiger partial charge in [-0.25, -0.2) is 4.39 Å².